The third-order valence-corrected chi connectivity index (χ3v) is 3.42. The summed E-state index contributed by atoms with van der Waals surface area (Å²) in [5.41, 5.74) is -0.430. The second-order valence-electron chi connectivity index (χ2n) is 4.94. The maximum atomic E-state index is 12.8. The third-order valence-electron chi connectivity index (χ3n) is 3.42. The molecule has 1 aromatic carbocycles. The van der Waals surface area contributed by atoms with Crippen molar-refractivity contribution in [1.29, 1.82) is 0 Å². The minimum absolute atomic E-state index is 0. The van der Waals surface area contributed by atoms with Crippen molar-refractivity contribution in [2.75, 3.05) is 26.3 Å². The molecule has 0 amide bonds. The molecule has 0 bridgehead atoms. The zero-order chi connectivity index (χ0) is 15.6. The zero-order valence-corrected chi connectivity index (χ0v) is 12.8. The van der Waals surface area contributed by atoms with E-state index in [2.05, 4.69) is 20.4 Å². The quantitative estimate of drug-likeness (QED) is 0.847. The molecule has 0 atom stereocenters. The van der Waals surface area contributed by atoms with Crippen LogP contribution in [0.1, 0.15) is 11.4 Å². The summed E-state index contributed by atoms with van der Waals surface area (Å²) in [6, 6.07) is 4.96. The van der Waals surface area contributed by atoms with Crippen LogP contribution in [0.5, 0.6) is 0 Å². The van der Waals surface area contributed by atoms with Gasteiger partial charge in [-0.25, -0.2) is 0 Å². The molecule has 23 heavy (non-hydrogen) atoms. The van der Waals surface area contributed by atoms with Crippen LogP contribution in [-0.4, -0.2) is 51.4 Å². The molecule has 126 valence electrons. The lowest BCUT2D eigenvalue weighted by Crippen LogP contribution is -2.36. The highest BCUT2D eigenvalue weighted by atomic mass is 35.5. The number of morpholine rings is 1. The van der Waals surface area contributed by atoms with Crippen molar-refractivity contribution in [2.24, 2.45) is 0 Å². The lowest BCUT2D eigenvalue weighted by atomic mass is 10.2. The number of ether oxygens (including phenoxy) is 1. The van der Waals surface area contributed by atoms with Gasteiger partial charge in [-0.2, -0.15) is 17.9 Å². The van der Waals surface area contributed by atoms with Gasteiger partial charge in [0.2, 0.25) is 0 Å². The molecule has 6 nitrogen and oxygen atoms in total. The molecule has 1 aliphatic heterocycles. The van der Waals surface area contributed by atoms with Crippen molar-refractivity contribution in [2.45, 2.75) is 12.7 Å². The Morgan fingerprint density at radius 1 is 1.17 bits per heavy atom. The summed E-state index contributed by atoms with van der Waals surface area (Å²) in [6.45, 7) is 3.22. The summed E-state index contributed by atoms with van der Waals surface area (Å²) >= 11 is 0. The fourth-order valence-electron chi connectivity index (χ4n) is 2.28. The van der Waals surface area contributed by atoms with Crippen molar-refractivity contribution in [3.05, 3.63) is 35.7 Å². The van der Waals surface area contributed by atoms with E-state index in [9.17, 15) is 13.2 Å². The van der Waals surface area contributed by atoms with Gasteiger partial charge in [0.25, 0.3) is 0 Å². The predicted octanol–water partition coefficient (Wildman–Crippen LogP) is 1.94. The Bertz CT molecular complexity index is 643. The van der Waals surface area contributed by atoms with Gasteiger partial charge in [-0.05, 0) is 28.6 Å². The first-order valence-electron chi connectivity index (χ1n) is 6.79. The number of halogens is 4. The van der Waals surface area contributed by atoms with Gasteiger partial charge in [0.1, 0.15) is 0 Å². The van der Waals surface area contributed by atoms with E-state index >= 15 is 0 Å². The topological polar surface area (TPSA) is 56.1 Å². The maximum absolute atomic E-state index is 12.8. The molecular weight excluding hydrogens is 335 g/mol. The summed E-state index contributed by atoms with van der Waals surface area (Å²) in [7, 11) is 0. The molecule has 3 rings (SSSR count). The number of nitrogens with zero attached hydrogens (tertiary/aromatic N) is 5. The molecule has 0 N–H and O–H groups in total. The number of benzene rings is 1. The monoisotopic (exact) mass is 349 g/mol. The van der Waals surface area contributed by atoms with Crippen molar-refractivity contribution in [3.8, 4) is 5.69 Å². The minimum Gasteiger partial charge on any atom is -0.379 e. The van der Waals surface area contributed by atoms with Crippen LogP contribution in [0.2, 0.25) is 0 Å². The van der Waals surface area contributed by atoms with Crippen molar-refractivity contribution < 1.29 is 17.9 Å². The van der Waals surface area contributed by atoms with Gasteiger partial charge in [0.15, 0.2) is 5.82 Å². The van der Waals surface area contributed by atoms with Crippen LogP contribution >= 0.6 is 12.4 Å². The van der Waals surface area contributed by atoms with E-state index in [1.165, 1.54) is 10.7 Å². The third kappa shape index (κ3) is 4.18. The molecule has 2 aromatic rings. The van der Waals surface area contributed by atoms with Crippen molar-refractivity contribution >= 4 is 12.4 Å². The molecule has 0 spiro atoms. The predicted molar refractivity (Wildman–Crippen MR) is 77.5 cm³/mol. The first-order chi connectivity index (χ1) is 10.5. The Morgan fingerprint density at radius 3 is 2.61 bits per heavy atom. The highest BCUT2D eigenvalue weighted by molar-refractivity contribution is 5.85. The summed E-state index contributed by atoms with van der Waals surface area (Å²) in [6.07, 6.45) is -4.39. The van der Waals surface area contributed by atoms with Crippen LogP contribution in [0.15, 0.2) is 24.3 Å². The summed E-state index contributed by atoms with van der Waals surface area (Å²) in [4.78, 5) is 2.10. The molecule has 2 heterocycles. The summed E-state index contributed by atoms with van der Waals surface area (Å²) < 4.78 is 45.0. The average molecular weight is 350 g/mol. The normalized spacial score (nSPS) is 16.1. The van der Waals surface area contributed by atoms with Crippen LogP contribution in [0.25, 0.3) is 5.69 Å². The van der Waals surface area contributed by atoms with Gasteiger partial charge in [-0.1, -0.05) is 6.07 Å². The van der Waals surface area contributed by atoms with Gasteiger partial charge >= 0.3 is 6.18 Å². The molecule has 1 aromatic heterocycles. The largest absolute Gasteiger partial charge is 0.416 e. The van der Waals surface area contributed by atoms with Gasteiger partial charge in [0, 0.05) is 13.1 Å². The Labute approximate surface area is 136 Å². The first-order valence-corrected chi connectivity index (χ1v) is 6.79. The van der Waals surface area contributed by atoms with Gasteiger partial charge in [-0.3, -0.25) is 4.90 Å². The number of hydrogen-bond donors (Lipinski definition) is 0. The van der Waals surface area contributed by atoms with Gasteiger partial charge in [-0.15, -0.1) is 17.5 Å². The van der Waals surface area contributed by atoms with Gasteiger partial charge < -0.3 is 4.74 Å². The van der Waals surface area contributed by atoms with Crippen LogP contribution in [0, 0.1) is 0 Å². The Balaban J connectivity index is 0.00000192. The smallest absolute Gasteiger partial charge is 0.379 e. The first kappa shape index (κ1) is 17.6. The van der Waals surface area contributed by atoms with Crippen LogP contribution in [0.4, 0.5) is 13.2 Å². The van der Waals surface area contributed by atoms with Crippen LogP contribution in [-0.2, 0) is 17.5 Å². The number of tetrazole rings is 1. The fraction of sp³-hybridized carbons (Fsp3) is 0.462. The molecule has 0 saturated carbocycles. The summed E-state index contributed by atoms with van der Waals surface area (Å²) in [5, 5.41) is 11.3. The van der Waals surface area contributed by atoms with E-state index in [0.29, 0.717) is 31.3 Å². The Hall–Kier alpha value is -1.71. The fourth-order valence-corrected chi connectivity index (χ4v) is 2.28. The van der Waals surface area contributed by atoms with E-state index in [1.807, 2.05) is 0 Å². The van der Waals surface area contributed by atoms with E-state index in [0.717, 1.165) is 25.2 Å². The molecule has 1 aliphatic rings. The highest BCUT2D eigenvalue weighted by Crippen LogP contribution is 2.30. The molecule has 0 unspecified atom stereocenters. The SMILES string of the molecule is Cl.FC(F)(F)c1cccc(-n2nnnc2CN2CCOCC2)c1. The lowest BCUT2D eigenvalue weighted by molar-refractivity contribution is -0.137. The van der Waals surface area contributed by atoms with Crippen molar-refractivity contribution in [1.82, 2.24) is 25.1 Å². The molecule has 10 heteroatoms. The number of rotatable bonds is 3. The molecule has 1 saturated heterocycles. The standard InChI is InChI=1S/C13H14F3N5O.ClH/c14-13(15,16)10-2-1-3-11(8-10)21-12(17-18-19-21)9-20-4-6-22-7-5-20;/h1-3,8H,4-7,9H2;1H. The van der Waals surface area contributed by atoms with E-state index < -0.39 is 11.7 Å². The van der Waals surface area contributed by atoms with Crippen LogP contribution in [0.3, 0.4) is 0 Å². The number of hydrogen-bond acceptors (Lipinski definition) is 5. The minimum atomic E-state index is -4.39. The van der Waals surface area contributed by atoms with E-state index in [-0.39, 0.29) is 12.4 Å². The van der Waals surface area contributed by atoms with Gasteiger partial charge in [0.05, 0.1) is 31.0 Å². The highest BCUT2D eigenvalue weighted by Gasteiger charge is 2.30. The molecule has 0 aliphatic carbocycles. The molecule has 0 radical (unpaired) electrons. The second-order valence-corrected chi connectivity index (χ2v) is 4.94. The van der Waals surface area contributed by atoms with Crippen molar-refractivity contribution in [3.63, 3.8) is 0 Å². The average Bonchev–Trinajstić information content (AvgIpc) is 2.96. The number of alkyl halides is 3. The molecular formula is C13H15ClF3N5O. The van der Waals surface area contributed by atoms with E-state index in [4.69, 9.17) is 4.74 Å². The second kappa shape index (κ2) is 7.24. The summed E-state index contributed by atoms with van der Waals surface area (Å²) in [5.74, 6) is 0.501. The molecule has 1 fully saturated rings. The maximum Gasteiger partial charge on any atom is 0.416 e. The van der Waals surface area contributed by atoms with Crippen LogP contribution < -0.4 is 0 Å². The van der Waals surface area contributed by atoms with E-state index in [1.54, 1.807) is 6.07 Å². The Kier molecular flexibility index (Phi) is 5.55. The number of aromatic nitrogens is 4. The zero-order valence-electron chi connectivity index (χ0n) is 12.0. The Morgan fingerprint density at radius 2 is 1.91 bits per heavy atom. The lowest BCUT2D eigenvalue weighted by Gasteiger charge is -2.25.